The van der Waals surface area contributed by atoms with E-state index in [0.717, 1.165) is 0 Å². The van der Waals surface area contributed by atoms with Crippen molar-refractivity contribution < 1.29 is 18.1 Å². The van der Waals surface area contributed by atoms with Crippen LogP contribution in [0.1, 0.15) is 25.7 Å². The van der Waals surface area contributed by atoms with Crippen molar-refractivity contribution in [3.8, 4) is 0 Å². The molecule has 1 heterocycles. The van der Waals surface area contributed by atoms with Crippen LogP contribution in [0.5, 0.6) is 0 Å². The molecule has 1 saturated heterocycles. The minimum Gasteiger partial charge on any atom is -0.297 e. The molecule has 0 bridgehead atoms. The van der Waals surface area contributed by atoms with E-state index in [1.165, 1.54) is 0 Å². The monoisotopic (exact) mass is 240 g/mol. The van der Waals surface area contributed by atoms with Crippen molar-refractivity contribution >= 4 is 0 Å². The van der Waals surface area contributed by atoms with E-state index in [1.54, 1.807) is 4.90 Å². The average molecular weight is 240 g/mol. The van der Waals surface area contributed by atoms with Gasteiger partial charge in [-0.1, -0.05) is 0 Å². The zero-order valence-electron chi connectivity index (χ0n) is 8.87. The summed E-state index contributed by atoms with van der Waals surface area (Å²) in [6.07, 6.45) is -3.70. The Hall–Kier alpha value is -0.850. The molecule has 0 aromatic rings. The van der Waals surface area contributed by atoms with Crippen molar-refractivity contribution in [1.82, 2.24) is 4.90 Å². The van der Waals surface area contributed by atoms with Crippen molar-refractivity contribution in [2.75, 3.05) is 19.6 Å². The minimum atomic E-state index is -4.13. The van der Waals surface area contributed by atoms with Gasteiger partial charge in [-0.25, -0.2) is 0 Å². The molecule has 1 atom stereocenters. The topological polar surface area (TPSA) is 46.4 Å². The van der Waals surface area contributed by atoms with Crippen molar-refractivity contribution in [2.45, 2.75) is 37.9 Å². The molecule has 1 rings (SSSR count). The van der Waals surface area contributed by atoms with E-state index in [0.29, 0.717) is 25.9 Å². The Kier molecular flexibility index (Phi) is 4.52. The summed E-state index contributed by atoms with van der Waals surface area (Å²) in [5.41, 5.74) is 0. The Morgan fingerprint density at radius 1 is 1.44 bits per heavy atom. The lowest BCUT2D eigenvalue weighted by molar-refractivity contribution is -0.526. The van der Waals surface area contributed by atoms with Gasteiger partial charge in [0, 0.05) is 17.8 Å². The van der Waals surface area contributed by atoms with Gasteiger partial charge in [0.1, 0.15) is 0 Å². The first-order valence-corrected chi connectivity index (χ1v) is 5.31. The van der Waals surface area contributed by atoms with Crippen molar-refractivity contribution in [1.29, 1.82) is 0 Å². The highest BCUT2D eigenvalue weighted by Gasteiger charge is 2.30. The lowest BCUT2D eigenvalue weighted by Crippen LogP contribution is -2.42. The second kappa shape index (κ2) is 5.47. The van der Waals surface area contributed by atoms with Gasteiger partial charge >= 0.3 is 6.18 Å². The molecule has 1 aliphatic heterocycles. The van der Waals surface area contributed by atoms with Gasteiger partial charge in [-0.05, 0) is 25.9 Å². The summed E-state index contributed by atoms with van der Waals surface area (Å²) in [5.74, 6) is 0. The van der Waals surface area contributed by atoms with Gasteiger partial charge in [-0.2, -0.15) is 13.2 Å². The smallest absolute Gasteiger partial charge is 0.297 e. The standard InChI is InChI=1S/C9H15F3N2O2/c10-9(11,12)4-2-6-13-5-1-3-8(7-13)14(15)16/h8H,1-7H2. The third kappa shape index (κ3) is 4.78. The van der Waals surface area contributed by atoms with Crippen LogP contribution in [0.15, 0.2) is 0 Å². The number of hydrogen-bond acceptors (Lipinski definition) is 3. The summed E-state index contributed by atoms with van der Waals surface area (Å²) >= 11 is 0. The molecular weight excluding hydrogens is 225 g/mol. The number of rotatable bonds is 4. The first-order valence-electron chi connectivity index (χ1n) is 5.31. The first kappa shape index (κ1) is 13.2. The lowest BCUT2D eigenvalue weighted by Gasteiger charge is -2.28. The molecular formula is C9H15F3N2O2. The van der Waals surface area contributed by atoms with Crippen LogP contribution >= 0.6 is 0 Å². The molecule has 0 aromatic heterocycles. The molecule has 1 fully saturated rings. The van der Waals surface area contributed by atoms with Gasteiger partial charge in [0.25, 0.3) is 0 Å². The number of halogens is 3. The Balaban J connectivity index is 2.24. The predicted octanol–water partition coefficient (Wildman–Crippen LogP) is 2.07. The van der Waals surface area contributed by atoms with E-state index in [-0.39, 0.29) is 17.9 Å². The maximum absolute atomic E-state index is 11.9. The second-order valence-electron chi connectivity index (χ2n) is 4.10. The zero-order chi connectivity index (χ0) is 12.2. The lowest BCUT2D eigenvalue weighted by atomic mass is 10.1. The van der Waals surface area contributed by atoms with Crippen LogP contribution in [0.25, 0.3) is 0 Å². The summed E-state index contributed by atoms with van der Waals surface area (Å²) in [7, 11) is 0. The van der Waals surface area contributed by atoms with Crippen molar-refractivity contribution in [3.63, 3.8) is 0 Å². The molecule has 0 saturated carbocycles. The van der Waals surface area contributed by atoms with E-state index < -0.39 is 18.6 Å². The summed E-state index contributed by atoms with van der Waals surface area (Å²) in [4.78, 5) is 11.9. The Morgan fingerprint density at radius 2 is 2.12 bits per heavy atom. The second-order valence-corrected chi connectivity index (χ2v) is 4.10. The molecule has 0 amide bonds. The van der Waals surface area contributed by atoms with Crippen molar-refractivity contribution in [2.24, 2.45) is 0 Å². The van der Waals surface area contributed by atoms with E-state index >= 15 is 0 Å². The average Bonchev–Trinajstić information content (AvgIpc) is 2.16. The molecule has 16 heavy (non-hydrogen) atoms. The quantitative estimate of drug-likeness (QED) is 0.558. The van der Waals surface area contributed by atoms with Crippen LogP contribution in [0.4, 0.5) is 13.2 Å². The molecule has 0 aliphatic carbocycles. The molecule has 1 aliphatic rings. The maximum Gasteiger partial charge on any atom is 0.389 e. The third-order valence-electron chi connectivity index (χ3n) is 2.71. The zero-order valence-corrected chi connectivity index (χ0v) is 8.87. The molecule has 0 spiro atoms. The van der Waals surface area contributed by atoms with E-state index in [9.17, 15) is 23.3 Å². The molecule has 0 radical (unpaired) electrons. The molecule has 0 N–H and O–H groups in total. The van der Waals surface area contributed by atoms with Gasteiger partial charge < -0.3 is 0 Å². The van der Waals surface area contributed by atoms with Gasteiger partial charge in [-0.15, -0.1) is 0 Å². The van der Waals surface area contributed by atoms with Crippen LogP contribution in [0, 0.1) is 10.1 Å². The fourth-order valence-corrected chi connectivity index (χ4v) is 1.91. The third-order valence-corrected chi connectivity index (χ3v) is 2.71. The Morgan fingerprint density at radius 3 is 2.69 bits per heavy atom. The SMILES string of the molecule is O=[N+]([O-])C1CCCN(CCCC(F)(F)F)C1. The van der Waals surface area contributed by atoms with E-state index in [4.69, 9.17) is 0 Å². The molecule has 7 heteroatoms. The van der Waals surface area contributed by atoms with Crippen LogP contribution in [-0.4, -0.2) is 41.7 Å². The summed E-state index contributed by atoms with van der Waals surface area (Å²) in [5, 5.41) is 10.5. The fraction of sp³-hybridized carbons (Fsp3) is 1.00. The van der Waals surface area contributed by atoms with Crippen LogP contribution in [0.3, 0.4) is 0 Å². The van der Waals surface area contributed by atoms with Crippen LogP contribution in [0.2, 0.25) is 0 Å². The van der Waals surface area contributed by atoms with E-state index in [2.05, 4.69) is 0 Å². The molecule has 0 aromatic carbocycles. The Labute approximate surface area is 91.6 Å². The normalized spacial score (nSPS) is 23.3. The number of hydrogen-bond donors (Lipinski definition) is 0. The highest BCUT2D eigenvalue weighted by atomic mass is 19.4. The predicted molar refractivity (Wildman–Crippen MR) is 51.7 cm³/mol. The Bertz CT molecular complexity index is 245. The molecule has 4 nitrogen and oxygen atoms in total. The summed E-state index contributed by atoms with van der Waals surface area (Å²) in [6, 6.07) is -0.611. The number of likely N-dealkylation sites (tertiary alicyclic amines) is 1. The highest BCUT2D eigenvalue weighted by molar-refractivity contribution is 4.72. The van der Waals surface area contributed by atoms with E-state index in [1.807, 2.05) is 0 Å². The summed E-state index contributed by atoms with van der Waals surface area (Å²) < 4.78 is 35.7. The number of nitro groups is 1. The van der Waals surface area contributed by atoms with Crippen molar-refractivity contribution in [3.05, 3.63) is 10.1 Å². The largest absolute Gasteiger partial charge is 0.389 e. The van der Waals surface area contributed by atoms with Gasteiger partial charge in [0.2, 0.25) is 6.04 Å². The van der Waals surface area contributed by atoms with Crippen LogP contribution in [-0.2, 0) is 0 Å². The number of nitrogens with zero attached hydrogens (tertiary/aromatic N) is 2. The number of piperidine rings is 1. The van der Waals surface area contributed by atoms with Gasteiger partial charge in [-0.3, -0.25) is 15.0 Å². The van der Waals surface area contributed by atoms with Crippen LogP contribution < -0.4 is 0 Å². The minimum absolute atomic E-state index is 0.0218. The maximum atomic E-state index is 11.9. The highest BCUT2D eigenvalue weighted by Crippen LogP contribution is 2.22. The van der Waals surface area contributed by atoms with Gasteiger partial charge in [0.05, 0.1) is 6.54 Å². The summed E-state index contributed by atoms with van der Waals surface area (Å²) in [6.45, 7) is 1.25. The number of alkyl halides is 3. The fourth-order valence-electron chi connectivity index (χ4n) is 1.91. The molecule has 1 unspecified atom stereocenters. The van der Waals surface area contributed by atoms with Gasteiger partial charge in [0.15, 0.2) is 0 Å². The first-order chi connectivity index (χ1) is 7.38. The molecule has 94 valence electrons.